The maximum Gasteiger partial charge on any atom is 0.141 e. The van der Waals surface area contributed by atoms with E-state index in [1.54, 1.807) is 12.1 Å². The second kappa shape index (κ2) is 4.23. The smallest absolute Gasteiger partial charge is 0.141 e. The van der Waals surface area contributed by atoms with Crippen LogP contribution in [0.5, 0.6) is 0 Å². The van der Waals surface area contributed by atoms with Crippen molar-refractivity contribution in [1.29, 1.82) is 0 Å². The quantitative estimate of drug-likeness (QED) is 0.847. The zero-order valence-electron chi connectivity index (χ0n) is 8.72. The molecule has 1 heterocycles. The Kier molecular flexibility index (Phi) is 2.94. The standard InChI is InChI=1S/C11H11ClFN3/c1-6-11(10(5-14)16-15-6)7-2-3-9(13)8(12)4-7/h2-4H,5,14H2,1H3,(H,15,16). The highest BCUT2D eigenvalue weighted by Crippen LogP contribution is 2.28. The van der Waals surface area contributed by atoms with Crippen molar-refractivity contribution in [2.75, 3.05) is 0 Å². The fourth-order valence-corrected chi connectivity index (χ4v) is 1.84. The Bertz CT molecular complexity index is 522. The van der Waals surface area contributed by atoms with E-state index in [1.807, 2.05) is 6.92 Å². The number of hydrogen-bond donors (Lipinski definition) is 2. The molecule has 0 aliphatic carbocycles. The van der Waals surface area contributed by atoms with E-state index in [-0.39, 0.29) is 5.02 Å². The molecule has 0 fully saturated rings. The zero-order chi connectivity index (χ0) is 11.7. The molecule has 0 bridgehead atoms. The first kappa shape index (κ1) is 11.1. The lowest BCUT2D eigenvalue weighted by atomic mass is 10.0. The molecular weight excluding hydrogens is 229 g/mol. The molecule has 5 heteroatoms. The summed E-state index contributed by atoms with van der Waals surface area (Å²) in [5.41, 5.74) is 8.93. The molecule has 0 aliphatic heterocycles. The first-order valence-corrected chi connectivity index (χ1v) is 5.20. The van der Waals surface area contributed by atoms with Crippen LogP contribution in [-0.4, -0.2) is 10.2 Å². The Hall–Kier alpha value is -1.39. The van der Waals surface area contributed by atoms with Gasteiger partial charge in [0.1, 0.15) is 5.82 Å². The van der Waals surface area contributed by atoms with Gasteiger partial charge in [0.2, 0.25) is 0 Å². The van der Waals surface area contributed by atoms with Crippen molar-refractivity contribution in [3.8, 4) is 11.1 Å². The third-order valence-electron chi connectivity index (χ3n) is 2.42. The Balaban J connectivity index is 2.57. The summed E-state index contributed by atoms with van der Waals surface area (Å²) in [5.74, 6) is -0.430. The van der Waals surface area contributed by atoms with Crippen molar-refractivity contribution in [2.24, 2.45) is 5.73 Å². The summed E-state index contributed by atoms with van der Waals surface area (Å²) in [6.45, 7) is 2.22. The number of hydrogen-bond acceptors (Lipinski definition) is 2. The van der Waals surface area contributed by atoms with Crippen LogP contribution in [0.3, 0.4) is 0 Å². The molecule has 2 rings (SSSR count). The van der Waals surface area contributed by atoms with E-state index in [9.17, 15) is 4.39 Å². The van der Waals surface area contributed by atoms with Gasteiger partial charge in [-0.05, 0) is 24.6 Å². The van der Waals surface area contributed by atoms with Crippen LogP contribution < -0.4 is 5.73 Å². The minimum Gasteiger partial charge on any atom is -0.325 e. The van der Waals surface area contributed by atoms with Gasteiger partial charge in [-0.3, -0.25) is 5.10 Å². The fourth-order valence-electron chi connectivity index (χ4n) is 1.66. The van der Waals surface area contributed by atoms with Crippen LogP contribution in [0.15, 0.2) is 18.2 Å². The van der Waals surface area contributed by atoms with Crippen LogP contribution in [0.2, 0.25) is 5.02 Å². The van der Waals surface area contributed by atoms with Gasteiger partial charge in [0.15, 0.2) is 0 Å². The molecule has 16 heavy (non-hydrogen) atoms. The number of H-pyrrole nitrogens is 1. The monoisotopic (exact) mass is 239 g/mol. The van der Waals surface area contributed by atoms with E-state index in [2.05, 4.69) is 10.2 Å². The van der Waals surface area contributed by atoms with Crippen molar-refractivity contribution >= 4 is 11.6 Å². The fraction of sp³-hybridized carbons (Fsp3) is 0.182. The largest absolute Gasteiger partial charge is 0.325 e. The Morgan fingerprint density at radius 2 is 2.25 bits per heavy atom. The molecule has 3 nitrogen and oxygen atoms in total. The number of rotatable bonds is 2. The minimum atomic E-state index is -0.430. The van der Waals surface area contributed by atoms with Crippen LogP contribution in [0.1, 0.15) is 11.4 Å². The van der Waals surface area contributed by atoms with E-state index in [1.165, 1.54) is 6.07 Å². The molecule has 0 atom stereocenters. The normalized spacial score (nSPS) is 10.8. The van der Waals surface area contributed by atoms with Gasteiger partial charge >= 0.3 is 0 Å². The Morgan fingerprint density at radius 1 is 1.50 bits per heavy atom. The average Bonchev–Trinajstić information content (AvgIpc) is 2.64. The van der Waals surface area contributed by atoms with Crippen molar-refractivity contribution in [3.05, 3.63) is 40.4 Å². The molecule has 0 saturated carbocycles. The number of nitrogens with zero attached hydrogens (tertiary/aromatic N) is 1. The molecule has 1 aromatic heterocycles. The van der Waals surface area contributed by atoms with Gasteiger partial charge in [0.25, 0.3) is 0 Å². The van der Waals surface area contributed by atoms with Gasteiger partial charge in [0.05, 0.1) is 10.7 Å². The van der Waals surface area contributed by atoms with Crippen LogP contribution >= 0.6 is 11.6 Å². The number of aromatic amines is 1. The predicted octanol–water partition coefficient (Wildman–Crippen LogP) is 2.64. The second-order valence-corrected chi connectivity index (χ2v) is 3.91. The maximum absolute atomic E-state index is 13.0. The second-order valence-electron chi connectivity index (χ2n) is 3.50. The third-order valence-corrected chi connectivity index (χ3v) is 2.71. The number of nitrogens with two attached hydrogens (primary N) is 1. The molecule has 0 radical (unpaired) electrons. The lowest BCUT2D eigenvalue weighted by Crippen LogP contribution is -1.98. The molecule has 0 unspecified atom stereocenters. The first-order chi connectivity index (χ1) is 7.63. The van der Waals surface area contributed by atoms with E-state index >= 15 is 0 Å². The lowest BCUT2D eigenvalue weighted by Gasteiger charge is -2.03. The van der Waals surface area contributed by atoms with Crippen LogP contribution in [0, 0.1) is 12.7 Å². The highest BCUT2D eigenvalue weighted by molar-refractivity contribution is 6.31. The highest BCUT2D eigenvalue weighted by atomic mass is 35.5. The molecule has 0 saturated heterocycles. The molecule has 2 aromatic rings. The SMILES string of the molecule is Cc1[nH]nc(CN)c1-c1ccc(F)c(Cl)c1. The third kappa shape index (κ3) is 1.81. The summed E-state index contributed by atoms with van der Waals surface area (Å²) in [5, 5.41) is 7.03. The maximum atomic E-state index is 13.0. The lowest BCUT2D eigenvalue weighted by molar-refractivity contribution is 0.628. The van der Waals surface area contributed by atoms with Gasteiger partial charge in [-0.15, -0.1) is 0 Å². The molecule has 84 valence electrons. The summed E-state index contributed by atoms with van der Waals surface area (Å²) >= 11 is 5.74. The summed E-state index contributed by atoms with van der Waals surface area (Å²) in [7, 11) is 0. The topological polar surface area (TPSA) is 54.7 Å². The summed E-state index contributed by atoms with van der Waals surface area (Å²) in [6, 6.07) is 4.58. The van der Waals surface area contributed by atoms with E-state index in [0.717, 1.165) is 22.5 Å². The van der Waals surface area contributed by atoms with Crippen LogP contribution in [0.4, 0.5) is 4.39 Å². The Labute approximate surface area is 97.4 Å². The molecule has 0 spiro atoms. The number of aryl methyl sites for hydroxylation is 1. The van der Waals surface area contributed by atoms with Crippen molar-refractivity contribution in [1.82, 2.24) is 10.2 Å². The first-order valence-electron chi connectivity index (χ1n) is 4.83. The molecule has 3 N–H and O–H groups in total. The van der Waals surface area contributed by atoms with Gasteiger partial charge in [0, 0.05) is 17.8 Å². The average molecular weight is 240 g/mol. The van der Waals surface area contributed by atoms with Crippen molar-refractivity contribution in [2.45, 2.75) is 13.5 Å². The number of benzene rings is 1. The molecule has 0 aliphatic rings. The van der Waals surface area contributed by atoms with Gasteiger partial charge in [-0.25, -0.2) is 4.39 Å². The van der Waals surface area contributed by atoms with Crippen molar-refractivity contribution < 1.29 is 4.39 Å². The molecule has 1 aromatic carbocycles. The number of aromatic nitrogens is 2. The van der Waals surface area contributed by atoms with Gasteiger partial charge < -0.3 is 5.73 Å². The van der Waals surface area contributed by atoms with E-state index < -0.39 is 5.82 Å². The molecule has 0 amide bonds. The van der Waals surface area contributed by atoms with E-state index in [4.69, 9.17) is 17.3 Å². The summed E-state index contributed by atoms with van der Waals surface area (Å²) < 4.78 is 13.0. The van der Waals surface area contributed by atoms with Crippen LogP contribution in [-0.2, 0) is 6.54 Å². The number of nitrogens with one attached hydrogen (secondary N) is 1. The van der Waals surface area contributed by atoms with Crippen LogP contribution in [0.25, 0.3) is 11.1 Å². The van der Waals surface area contributed by atoms with Crippen molar-refractivity contribution in [3.63, 3.8) is 0 Å². The zero-order valence-corrected chi connectivity index (χ0v) is 9.48. The van der Waals surface area contributed by atoms with Gasteiger partial charge in [-0.2, -0.15) is 5.10 Å². The Morgan fingerprint density at radius 3 is 2.88 bits per heavy atom. The van der Waals surface area contributed by atoms with Gasteiger partial charge in [-0.1, -0.05) is 17.7 Å². The number of halogens is 2. The summed E-state index contributed by atoms with van der Waals surface area (Å²) in [4.78, 5) is 0. The highest BCUT2D eigenvalue weighted by Gasteiger charge is 2.12. The predicted molar refractivity (Wildman–Crippen MR) is 61.6 cm³/mol. The minimum absolute atomic E-state index is 0.0982. The van der Waals surface area contributed by atoms with E-state index in [0.29, 0.717) is 6.54 Å². The molecular formula is C11H11ClFN3. The summed E-state index contributed by atoms with van der Waals surface area (Å²) in [6.07, 6.45) is 0.